The van der Waals surface area contributed by atoms with Crippen molar-refractivity contribution in [2.24, 2.45) is 0 Å². The molecular weight excluding hydrogens is 268 g/mol. The molecule has 0 spiro atoms. The molecule has 0 fully saturated rings. The summed E-state index contributed by atoms with van der Waals surface area (Å²) in [4.78, 5) is 0. The van der Waals surface area contributed by atoms with E-state index in [1.54, 1.807) is 0 Å². The Labute approximate surface area is 126 Å². The molecule has 1 atom stereocenters. The Balaban J connectivity index is 2.13. The van der Waals surface area contributed by atoms with Crippen LogP contribution in [0.4, 0.5) is 0 Å². The van der Waals surface area contributed by atoms with Gasteiger partial charge in [-0.05, 0) is 28.2 Å². The van der Waals surface area contributed by atoms with Gasteiger partial charge in [0.15, 0.2) is 0 Å². The number of aliphatic hydroxyl groups is 1. The van der Waals surface area contributed by atoms with Crippen LogP contribution in [0.2, 0.25) is 5.02 Å². The van der Waals surface area contributed by atoms with E-state index in [1.807, 2.05) is 24.3 Å². The van der Waals surface area contributed by atoms with Crippen molar-refractivity contribution in [1.29, 1.82) is 0 Å². The lowest BCUT2D eigenvalue weighted by molar-refractivity contribution is 0.178. The summed E-state index contributed by atoms with van der Waals surface area (Å²) >= 11 is 6.11. The predicted octanol–water partition coefficient (Wildman–Crippen LogP) is 4.91. The summed E-state index contributed by atoms with van der Waals surface area (Å²) in [7, 11) is 0. The lowest BCUT2D eigenvalue weighted by atomic mass is 9.86. The van der Waals surface area contributed by atoms with Gasteiger partial charge in [0.25, 0.3) is 0 Å². The SMILES string of the molecule is CC(C)(C)c1ccc(CC(O)c2ccccc2Cl)cc1. The van der Waals surface area contributed by atoms with Gasteiger partial charge in [0.2, 0.25) is 0 Å². The Bertz CT molecular complexity index is 567. The summed E-state index contributed by atoms with van der Waals surface area (Å²) in [5, 5.41) is 10.9. The minimum absolute atomic E-state index is 0.153. The van der Waals surface area contributed by atoms with Crippen molar-refractivity contribution in [3.8, 4) is 0 Å². The molecule has 0 aliphatic carbocycles. The molecule has 2 rings (SSSR count). The quantitative estimate of drug-likeness (QED) is 0.850. The monoisotopic (exact) mass is 288 g/mol. The molecule has 1 nitrogen and oxygen atoms in total. The molecule has 0 heterocycles. The third-order valence-electron chi connectivity index (χ3n) is 3.51. The van der Waals surface area contributed by atoms with Gasteiger partial charge in [-0.25, -0.2) is 0 Å². The van der Waals surface area contributed by atoms with E-state index in [-0.39, 0.29) is 5.41 Å². The highest BCUT2D eigenvalue weighted by atomic mass is 35.5. The van der Waals surface area contributed by atoms with Gasteiger partial charge in [-0.3, -0.25) is 0 Å². The van der Waals surface area contributed by atoms with Crippen LogP contribution in [0.1, 0.15) is 43.6 Å². The zero-order valence-corrected chi connectivity index (χ0v) is 13.0. The summed E-state index contributed by atoms with van der Waals surface area (Å²) in [6, 6.07) is 15.9. The molecule has 0 aliphatic heterocycles. The Morgan fingerprint density at radius 2 is 1.60 bits per heavy atom. The van der Waals surface area contributed by atoms with Crippen LogP contribution in [0.15, 0.2) is 48.5 Å². The molecule has 0 aromatic heterocycles. The molecule has 2 heteroatoms. The molecule has 1 unspecified atom stereocenters. The Kier molecular flexibility index (Phi) is 4.52. The molecule has 2 aromatic carbocycles. The third-order valence-corrected chi connectivity index (χ3v) is 3.86. The highest BCUT2D eigenvalue weighted by Crippen LogP contribution is 2.27. The zero-order chi connectivity index (χ0) is 14.8. The van der Waals surface area contributed by atoms with Crippen LogP contribution in [0.3, 0.4) is 0 Å². The van der Waals surface area contributed by atoms with E-state index in [2.05, 4.69) is 45.0 Å². The fourth-order valence-electron chi connectivity index (χ4n) is 2.22. The van der Waals surface area contributed by atoms with Crippen LogP contribution in [0.25, 0.3) is 0 Å². The van der Waals surface area contributed by atoms with Crippen molar-refractivity contribution in [2.75, 3.05) is 0 Å². The lowest BCUT2D eigenvalue weighted by Crippen LogP contribution is -2.11. The van der Waals surface area contributed by atoms with Crippen LogP contribution in [-0.2, 0) is 11.8 Å². The molecule has 0 aliphatic rings. The van der Waals surface area contributed by atoms with E-state index in [4.69, 9.17) is 11.6 Å². The minimum atomic E-state index is -0.566. The van der Waals surface area contributed by atoms with E-state index < -0.39 is 6.10 Å². The van der Waals surface area contributed by atoms with Crippen LogP contribution >= 0.6 is 11.6 Å². The molecule has 0 bridgehead atoms. The van der Waals surface area contributed by atoms with Gasteiger partial charge in [0, 0.05) is 11.4 Å². The van der Waals surface area contributed by atoms with Crippen molar-refractivity contribution < 1.29 is 5.11 Å². The van der Waals surface area contributed by atoms with Crippen molar-refractivity contribution in [3.05, 3.63) is 70.2 Å². The minimum Gasteiger partial charge on any atom is -0.388 e. The largest absolute Gasteiger partial charge is 0.388 e. The average molecular weight is 289 g/mol. The van der Waals surface area contributed by atoms with Gasteiger partial charge >= 0.3 is 0 Å². The summed E-state index contributed by atoms with van der Waals surface area (Å²) < 4.78 is 0. The van der Waals surface area contributed by atoms with Crippen molar-refractivity contribution >= 4 is 11.6 Å². The fourth-order valence-corrected chi connectivity index (χ4v) is 2.48. The summed E-state index contributed by atoms with van der Waals surface area (Å²) in [5.41, 5.74) is 3.35. The summed E-state index contributed by atoms with van der Waals surface area (Å²) in [5.74, 6) is 0. The van der Waals surface area contributed by atoms with Crippen molar-refractivity contribution in [2.45, 2.75) is 38.7 Å². The highest BCUT2D eigenvalue weighted by Gasteiger charge is 2.15. The Morgan fingerprint density at radius 1 is 1.00 bits per heavy atom. The molecule has 1 N–H and O–H groups in total. The van der Waals surface area contributed by atoms with Gasteiger partial charge in [0.1, 0.15) is 0 Å². The van der Waals surface area contributed by atoms with Gasteiger partial charge < -0.3 is 5.11 Å². The lowest BCUT2D eigenvalue weighted by Gasteiger charge is -2.19. The van der Waals surface area contributed by atoms with Gasteiger partial charge in [-0.15, -0.1) is 0 Å². The normalized spacial score (nSPS) is 13.2. The van der Waals surface area contributed by atoms with Crippen molar-refractivity contribution in [3.63, 3.8) is 0 Å². The molecule has 0 radical (unpaired) electrons. The van der Waals surface area contributed by atoms with Gasteiger partial charge in [0.05, 0.1) is 6.10 Å². The van der Waals surface area contributed by atoms with E-state index >= 15 is 0 Å². The van der Waals surface area contributed by atoms with Crippen LogP contribution in [0.5, 0.6) is 0 Å². The zero-order valence-electron chi connectivity index (χ0n) is 12.2. The number of hydrogen-bond acceptors (Lipinski definition) is 1. The topological polar surface area (TPSA) is 20.2 Å². The standard InChI is InChI=1S/C18H21ClO/c1-18(2,3)14-10-8-13(9-11-14)12-17(20)15-6-4-5-7-16(15)19/h4-11,17,20H,12H2,1-3H3. The number of halogens is 1. The van der Waals surface area contributed by atoms with E-state index in [9.17, 15) is 5.11 Å². The first-order valence-corrected chi connectivity index (χ1v) is 7.27. The molecule has 0 amide bonds. The molecule has 0 saturated heterocycles. The van der Waals surface area contributed by atoms with Crippen molar-refractivity contribution in [1.82, 2.24) is 0 Å². The second kappa shape index (κ2) is 5.99. The van der Waals surface area contributed by atoms with Gasteiger partial charge in [-0.2, -0.15) is 0 Å². The number of hydrogen-bond donors (Lipinski definition) is 1. The molecule has 0 saturated carbocycles. The molecule has 106 valence electrons. The first kappa shape index (κ1) is 15.1. The number of benzene rings is 2. The fraction of sp³-hybridized carbons (Fsp3) is 0.333. The molecular formula is C18H21ClO. The smallest absolute Gasteiger partial charge is 0.0844 e. The Morgan fingerprint density at radius 3 is 2.15 bits per heavy atom. The maximum absolute atomic E-state index is 10.3. The third kappa shape index (κ3) is 3.62. The Hall–Kier alpha value is -1.31. The van der Waals surface area contributed by atoms with Crippen LogP contribution in [0, 0.1) is 0 Å². The van der Waals surface area contributed by atoms with E-state index in [0.717, 1.165) is 11.1 Å². The van der Waals surface area contributed by atoms with Crippen LogP contribution in [-0.4, -0.2) is 5.11 Å². The van der Waals surface area contributed by atoms with E-state index in [0.29, 0.717) is 11.4 Å². The summed E-state index contributed by atoms with van der Waals surface area (Å²) in [6.45, 7) is 6.59. The highest BCUT2D eigenvalue weighted by molar-refractivity contribution is 6.31. The second-order valence-corrected chi connectivity index (χ2v) is 6.60. The predicted molar refractivity (Wildman–Crippen MR) is 85.3 cm³/mol. The van der Waals surface area contributed by atoms with Crippen LogP contribution < -0.4 is 0 Å². The maximum Gasteiger partial charge on any atom is 0.0844 e. The average Bonchev–Trinajstić information content (AvgIpc) is 2.38. The first-order chi connectivity index (χ1) is 9.38. The van der Waals surface area contributed by atoms with Gasteiger partial charge in [-0.1, -0.05) is 74.8 Å². The molecule has 2 aromatic rings. The first-order valence-electron chi connectivity index (χ1n) is 6.90. The van der Waals surface area contributed by atoms with E-state index in [1.165, 1.54) is 5.56 Å². The number of aliphatic hydroxyl groups excluding tert-OH is 1. The second-order valence-electron chi connectivity index (χ2n) is 6.19. The number of rotatable bonds is 3. The maximum atomic E-state index is 10.3. The molecule has 20 heavy (non-hydrogen) atoms. The summed E-state index contributed by atoms with van der Waals surface area (Å²) in [6.07, 6.45) is 0.0120.